The molecule has 0 saturated heterocycles. The maximum Gasteiger partial charge on any atom is 0.220 e. The van der Waals surface area contributed by atoms with Crippen molar-refractivity contribution in [3.8, 4) is 5.82 Å². The minimum atomic E-state index is -2.90. The summed E-state index contributed by atoms with van der Waals surface area (Å²) < 4.78 is 65.5. The summed E-state index contributed by atoms with van der Waals surface area (Å²) in [6.07, 6.45) is 4.73. The number of anilines is 1. The van der Waals surface area contributed by atoms with Crippen LogP contribution in [0.5, 0.6) is 0 Å². The highest BCUT2D eigenvalue weighted by Crippen LogP contribution is 2.38. The van der Waals surface area contributed by atoms with Gasteiger partial charge in [-0.25, -0.2) is 27.6 Å². The fraction of sp³-hybridized carbons (Fsp3) is 0.286. The highest BCUT2D eigenvalue weighted by Gasteiger charge is 2.31. The Hall–Kier alpha value is -4.41. The van der Waals surface area contributed by atoms with Gasteiger partial charge in [0.2, 0.25) is 5.91 Å². The summed E-state index contributed by atoms with van der Waals surface area (Å²) in [6.45, 7) is 5.28. The van der Waals surface area contributed by atoms with Crippen molar-refractivity contribution in [1.82, 2.24) is 25.1 Å². The molecule has 4 heterocycles. The summed E-state index contributed by atoms with van der Waals surface area (Å²) in [5, 5.41) is 6.68. The number of rotatable bonds is 8. The Morgan fingerprint density at radius 2 is 1.93 bits per heavy atom. The van der Waals surface area contributed by atoms with Crippen molar-refractivity contribution < 1.29 is 30.2 Å². The maximum absolute atomic E-state index is 15.0. The van der Waals surface area contributed by atoms with Crippen LogP contribution in [0, 0.1) is 24.4 Å². The lowest BCUT2D eigenvalue weighted by atomic mass is 10.0. The number of nitrogens with one attached hydrogen (secondary N) is 1. The lowest BCUT2D eigenvalue weighted by molar-refractivity contribution is -0.122. The molecule has 9 nitrogen and oxygen atoms in total. The first-order chi connectivity index (χ1) is 20.1. The van der Waals surface area contributed by atoms with E-state index in [4.69, 9.17) is 19.1 Å². The first-order valence-corrected chi connectivity index (χ1v) is 12.6. The van der Waals surface area contributed by atoms with Crippen LogP contribution in [0.25, 0.3) is 5.82 Å². The molecule has 0 unspecified atom stereocenters. The van der Waals surface area contributed by atoms with E-state index < -0.39 is 35.2 Å². The summed E-state index contributed by atoms with van der Waals surface area (Å²) in [4.78, 5) is 33.3. The largest absolute Gasteiger partial charge is 0.485 e. The van der Waals surface area contributed by atoms with Gasteiger partial charge in [-0.3, -0.25) is 9.78 Å². The van der Waals surface area contributed by atoms with Crippen LogP contribution >= 0.6 is 11.6 Å². The number of nitrogens with zero attached hydrogens (tertiary/aromatic N) is 5. The number of hydrogen-bond donors (Lipinski definition) is 1. The molecule has 0 atom stereocenters. The molecule has 1 N–H and O–H groups in total. The molecule has 3 aromatic rings. The Morgan fingerprint density at radius 1 is 1.20 bits per heavy atom. The standard InChI is InChI=1S/C28H26ClF3N6O3/c1-6-25(40)35-28(4,5)27-19(32)12-37(36-27)24-9-21(15(2)10-34-24)38-16(3)7-23(26(29)22(38)13-39)41-14-20-18(31)8-17(30)11-33-20/h7-12H,6,14H2,1-5H3,(H,35,40)/i14D2. The van der Waals surface area contributed by atoms with E-state index >= 15 is 4.39 Å². The van der Waals surface area contributed by atoms with Crippen molar-refractivity contribution in [3.05, 3.63) is 93.4 Å². The lowest BCUT2D eigenvalue weighted by Gasteiger charge is -2.31. The second kappa shape index (κ2) is 11.6. The molecule has 1 amide bonds. The Labute approximate surface area is 241 Å². The molecule has 0 bridgehead atoms. The molecule has 41 heavy (non-hydrogen) atoms. The molecule has 0 radical (unpaired) electrons. The average Bonchev–Trinajstić information content (AvgIpc) is 3.32. The van der Waals surface area contributed by atoms with Crippen LogP contribution in [-0.2, 0) is 26.4 Å². The molecule has 4 rings (SSSR count). The normalized spacial score (nSPS) is 14.8. The third kappa shape index (κ3) is 6.03. The van der Waals surface area contributed by atoms with Gasteiger partial charge in [0.05, 0.1) is 26.4 Å². The van der Waals surface area contributed by atoms with E-state index in [2.05, 4.69) is 20.4 Å². The summed E-state index contributed by atoms with van der Waals surface area (Å²) in [5.74, 6) is -1.68. The molecule has 0 fully saturated rings. The number of hydrogen-bond acceptors (Lipinski definition) is 7. The van der Waals surface area contributed by atoms with Gasteiger partial charge in [-0.05, 0) is 33.3 Å². The van der Waals surface area contributed by atoms with Crippen LogP contribution < -0.4 is 10.2 Å². The number of aryl methyl sites for hydroxylation is 1. The lowest BCUT2D eigenvalue weighted by Crippen LogP contribution is -2.41. The smallest absolute Gasteiger partial charge is 0.220 e. The quantitative estimate of drug-likeness (QED) is 0.358. The number of carbonyl (C=O) groups is 1. The maximum atomic E-state index is 15.0. The predicted octanol–water partition coefficient (Wildman–Crippen LogP) is 5.26. The molecular formula is C28H26ClF3N6O3. The Balaban J connectivity index is 1.71. The Bertz CT molecular complexity index is 1730. The third-order valence-corrected chi connectivity index (χ3v) is 6.44. The summed E-state index contributed by atoms with van der Waals surface area (Å²) in [5.41, 5.74) is -0.979. The first kappa shape index (κ1) is 26.8. The van der Waals surface area contributed by atoms with Crippen LogP contribution in [0.15, 0.2) is 59.0 Å². The van der Waals surface area contributed by atoms with E-state index in [9.17, 15) is 18.4 Å². The molecule has 0 aliphatic carbocycles. The van der Waals surface area contributed by atoms with Gasteiger partial charge in [0, 0.05) is 36.5 Å². The number of halogens is 4. The minimum Gasteiger partial charge on any atom is -0.485 e. The zero-order chi connectivity index (χ0) is 31.9. The number of ether oxygens (including phenoxy) is 1. The van der Waals surface area contributed by atoms with Crippen molar-refractivity contribution in [3.63, 3.8) is 0 Å². The monoisotopic (exact) mass is 588 g/mol. The molecule has 1 aliphatic heterocycles. The van der Waals surface area contributed by atoms with Gasteiger partial charge >= 0.3 is 0 Å². The molecule has 13 heteroatoms. The van der Waals surface area contributed by atoms with Gasteiger partial charge < -0.3 is 15.0 Å². The Kier molecular flexibility index (Phi) is 7.58. The predicted molar refractivity (Wildman–Crippen MR) is 145 cm³/mol. The molecule has 0 spiro atoms. The van der Waals surface area contributed by atoms with Crippen molar-refractivity contribution in [2.75, 3.05) is 4.90 Å². The topological polar surface area (TPSA) is 102 Å². The van der Waals surface area contributed by atoms with Gasteiger partial charge in [0.25, 0.3) is 0 Å². The van der Waals surface area contributed by atoms with E-state index in [0.29, 0.717) is 29.2 Å². The van der Waals surface area contributed by atoms with E-state index in [-0.39, 0.29) is 40.3 Å². The van der Waals surface area contributed by atoms with Crippen molar-refractivity contribution >= 4 is 29.1 Å². The van der Waals surface area contributed by atoms with Gasteiger partial charge in [-0.15, -0.1) is 0 Å². The van der Waals surface area contributed by atoms with Gasteiger partial charge in [-0.1, -0.05) is 18.5 Å². The highest BCUT2D eigenvalue weighted by atomic mass is 35.5. The molecule has 214 valence electrons. The molecular weight excluding hydrogens is 561 g/mol. The van der Waals surface area contributed by atoms with E-state index in [1.54, 1.807) is 40.6 Å². The fourth-order valence-electron chi connectivity index (χ4n) is 4.04. The van der Waals surface area contributed by atoms with Gasteiger partial charge in [0.1, 0.15) is 34.6 Å². The second-order valence-electron chi connectivity index (χ2n) is 9.56. The molecule has 1 aliphatic rings. The van der Waals surface area contributed by atoms with E-state index in [1.165, 1.54) is 27.9 Å². The molecule has 3 aromatic heterocycles. The fourth-order valence-corrected chi connectivity index (χ4v) is 4.25. The number of allylic oxidation sites excluding steroid dienone is 3. The summed E-state index contributed by atoms with van der Waals surface area (Å²) in [6, 6.07) is 1.98. The zero-order valence-corrected chi connectivity index (χ0v) is 23.4. The zero-order valence-electron chi connectivity index (χ0n) is 24.6. The molecule has 0 aromatic carbocycles. The van der Waals surface area contributed by atoms with Crippen LogP contribution in [-0.4, -0.2) is 31.6 Å². The van der Waals surface area contributed by atoms with Crippen LogP contribution in [0.4, 0.5) is 18.9 Å². The molecule has 0 saturated carbocycles. The number of amides is 1. The van der Waals surface area contributed by atoms with Gasteiger partial charge in [0.15, 0.2) is 29.1 Å². The average molecular weight is 589 g/mol. The van der Waals surface area contributed by atoms with Crippen LogP contribution in [0.1, 0.15) is 53.8 Å². The van der Waals surface area contributed by atoms with Crippen molar-refractivity contribution in [1.29, 1.82) is 0 Å². The van der Waals surface area contributed by atoms with E-state index in [0.717, 1.165) is 6.20 Å². The van der Waals surface area contributed by atoms with E-state index in [1.807, 2.05) is 0 Å². The first-order valence-electron chi connectivity index (χ1n) is 13.3. The van der Waals surface area contributed by atoms with Crippen LogP contribution in [0.2, 0.25) is 0 Å². The second-order valence-corrected chi connectivity index (χ2v) is 9.94. The van der Waals surface area contributed by atoms with Crippen molar-refractivity contribution in [2.45, 2.75) is 53.1 Å². The van der Waals surface area contributed by atoms with Gasteiger partial charge in [-0.2, -0.15) is 5.10 Å². The highest BCUT2D eigenvalue weighted by molar-refractivity contribution is 6.33. The van der Waals surface area contributed by atoms with Crippen molar-refractivity contribution in [2.24, 2.45) is 0 Å². The minimum absolute atomic E-state index is 0.0186. The summed E-state index contributed by atoms with van der Waals surface area (Å²) in [7, 11) is 0. The number of aromatic nitrogens is 4. The SMILES string of the molecule is [2H]C([2H])(OC1=C(Cl)C(=C=O)N(c2cc(-n3cc(F)c(C(C)(C)NC(=O)CC)n3)ncc2C)C(C)=C1)c1ncc(F)cc1F. The van der Waals surface area contributed by atoms with Crippen LogP contribution in [0.3, 0.4) is 0 Å². The third-order valence-electron chi connectivity index (χ3n) is 6.07. The Morgan fingerprint density at radius 3 is 2.59 bits per heavy atom. The summed E-state index contributed by atoms with van der Waals surface area (Å²) >= 11 is 6.46. The number of carbonyl (C=O) groups excluding carboxylic acids is 2. The number of pyridine rings is 2.